The Balaban J connectivity index is 1.65. The molecule has 1 amide bonds. The molecule has 0 aromatic heterocycles. The summed E-state index contributed by atoms with van der Waals surface area (Å²) in [5.41, 5.74) is 1.000. The summed E-state index contributed by atoms with van der Waals surface area (Å²) in [6.45, 7) is 0.864. The molecular formula is C15H18F2N2O2. The van der Waals surface area contributed by atoms with Gasteiger partial charge in [-0.15, -0.1) is 0 Å². The van der Waals surface area contributed by atoms with Crippen LogP contribution in [0.15, 0.2) is 30.3 Å². The second-order valence-electron chi connectivity index (χ2n) is 5.55. The molecule has 2 aliphatic rings. The number of benzene rings is 1. The number of nitrogens with zero attached hydrogens (tertiary/aromatic N) is 1. The Hall–Kier alpha value is -1.53. The van der Waals surface area contributed by atoms with Crippen LogP contribution in [-0.4, -0.2) is 49.0 Å². The van der Waals surface area contributed by atoms with Crippen molar-refractivity contribution in [1.82, 2.24) is 10.2 Å². The lowest BCUT2D eigenvalue weighted by Gasteiger charge is -2.34. The van der Waals surface area contributed by atoms with Gasteiger partial charge in [0.1, 0.15) is 6.10 Å². The molecule has 0 bridgehead atoms. The van der Waals surface area contributed by atoms with Gasteiger partial charge in [-0.2, -0.15) is 0 Å². The smallest absolute Gasteiger partial charge is 0.262 e. The van der Waals surface area contributed by atoms with Crippen molar-refractivity contribution in [3.63, 3.8) is 0 Å². The highest BCUT2D eigenvalue weighted by atomic mass is 19.3. The van der Waals surface area contributed by atoms with Gasteiger partial charge in [-0.05, 0) is 5.56 Å². The molecule has 2 fully saturated rings. The Morgan fingerprint density at radius 1 is 1.33 bits per heavy atom. The fourth-order valence-corrected chi connectivity index (χ4v) is 2.83. The van der Waals surface area contributed by atoms with E-state index < -0.39 is 24.9 Å². The predicted molar refractivity (Wildman–Crippen MR) is 73.1 cm³/mol. The number of carbonyl (C=O) groups excluding carboxylic acids is 1. The predicted octanol–water partition coefficient (Wildman–Crippen LogP) is 1.58. The Kier molecular flexibility index (Phi) is 3.91. The summed E-state index contributed by atoms with van der Waals surface area (Å²) < 4.78 is 32.1. The van der Waals surface area contributed by atoms with E-state index in [0.717, 1.165) is 5.56 Å². The molecule has 114 valence electrons. The molecule has 2 saturated heterocycles. The summed E-state index contributed by atoms with van der Waals surface area (Å²) in [6.07, 6.45) is -0.607. The van der Waals surface area contributed by atoms with Gasteiger partial charge in [0.05, 0.1) is 25.7 Å². The van der Waals surface area contributed by atoms with Crippen molar-refractivity contribution in [2.75, 3.05) is 26.2 Å². The number of nitrogens with one attached hydrogen (secondary N) is 1. The summed E-state index contributed by atoms with van der Waals surface area (Å²) in [7, 11) is 0. The number of hydrogen-bond acceptors (Lipinski definition) is 3. The number of morpholine rings is 1. The normalized spacial score (nSPS) is 28.6. The molecule has 21 heavy (non-hydrogen) atoms. The molecule has 0 saturated carbocycles. The Morgan fingerprint density at radius 3 is 2.76 bits per heavy atom. The SMILES string of the molecule is O=C(C1CC(F)(F)CN1)N1CCOC(c2ccccc2)C1. The average molecular weight is 296 g/mol. The van der Waals surface area contributed by atoms with Crippen LogP contribution in [0.2, 0.25) is 0 Å². The summed E-state index contributed by atoms with van der Waals surface area (Å²) in [5, 5.41) is 2.62. The van der Waals surface area contributed by atoms with Crippen molar-refractivity contribution < 1.29 is 18.3 Å². The maximum atomic E-state index is 13.2. The molecule has 2 atom stereocenters. The van der Waals surface area contributed by atoms with Crippen molar-refractivity contribution in [2.24, 2.45) is 0 Å². The fourth-order valence-electron chi connectivity index (χ4n) is 2.83. The number of hydrogen-bond donors (Lipinski definition) is 1. The second-order valence-corrected chi connectivity index (χ2v) is 5.55. The standard InChI is InChI=1S/C15H18F2N2O2/c16-15(17)8-12(18-10-15)14(20)19-6-7-21-13(9-19)11-4-2-1-3-5-11/h1-5,12-13,18H,6-10H2. The zero-order chi connectivity index (χ0) is 14.9. The second kappa shape index (κ2) is 5.69. The minimum Gasteiger partial charge on any atom is -0.370 e. The highest BCUT2D eigenvalue weighted by Crippen LogP contribution is 2.28. The van der Waals surface area contributed by atoms with Gasteiger partial charge in [0, 0.05) is 13.0 Å². The molecule has 0 radical (unpaired) electrons. The van der Waals surface area contributed by atoms with Crippen LogP contribution >= 0.6 is 0 Å². The molecule has 2 aliphatic heterocycles. The van der Waals surface area contributed by atoms with Crippen LogP contribution < -0.4 is 5.32 Å². The first-order valence-corrected chi connectivity index (χ1v) is 7.12. The first kappa shape index (κ1) is 14.4. The van der Waals surface area contributed by atoms with Gasteiger partial charge in [0.2, 0.25) is 5.91 Å². The molecule has 1 N–H and O–H groups in total. The largest absolute Gasteiger partial charge is 0.370 e. The third kappa shape index (κ3) is 3.22. The van der Waals surface area contributed by atoms with Crippen molar-refractivity contribution in [2.45, 2.75) is 24.5 Å². The molecule has 1 aromatic rings. The van der Waals surface area contributed by atoms with Gasteiger partial charge in [0.25, 0.3) is 5.92 Å². The number of halogens is 2. The molecule has 1 aromatic carbocycles. The molecule has 4 nitrogen and oxygen atoms in total. The summed E-state index contributed by atoms with van der Waals surface area (Å²) in [5.74, 6) is -3.04. The van der Waals surface area contributed by atoms with Crippen LogP contribution in [0.4, 0.5) is 8.78 Å². The van der Waals surface area contributed by atoms with E-state index in [-0.39, 0.29) is 12.0 Å². The molecule has 2 heterocycles. The van der Waals surface area contributed by atoms with Gasteiger partial charge >= 0.3 is 0 Å². The van der Waals surface area contributed by atoms with Crippen molar-refractivity contribution in [3.05, 3.63) is 35.9 Å². The lowest BCUT2D eigenvalue weighted by atomic mass is 10.1. The van der Waals surface area contributed by atoms with Gasteiger partial charge < -0.3 is 9.64 Å². The van der Waals surface area contributed by atoms with Crippen LogP contribution in [0.3, 0.4) is 0 Å². The maximum absolute atomic E-state index is 13.2. The number of amides is 1. The number of rotatable bonds is 2. The lowest BCUT2D eigenvalue weighted by Crippen LogP contribution is -2.49. The Bertz CT molecular complexity index is 510. The van der Waals surface area contributed by atoms with E-state index in [1.165, 1.54) is 0 Å². The van der Waals surface area contributed by atoms with Crippen LogP contribution in [0.25, 0.3) is 0 Å². The van der Waals surface area contributed by atoms with Crippen LogP contribution in [0.5, 0.6) is 0 Å². The zero-order valence-electron chi connectivity index (χ0n) is 11.6. The van der Waals surface area contributed by atoms with Crippen molar-refractivity contribution >= 4 is 5.91 Å². The third-order valence-electron chi connectivity index (χ3n) is 3.96. The monoisotopic (exact) mass is 296 g/mol. The average Bonchev–Trinajstić information content (AvgIpc) is 2.88. The Labute approximate surface area is 122 Å². The van der Waals surface area contributed by atoms with Gasteiger partial charge in [0.15, 0.2) is 0 Å². The number of alkyl halides is 2. The van der Waals surface area contributed by atoms with E-state index >= 15 is 0 Å². The number of ether oxygens (including phenoxy) is 1. The first-order chi connectivity index (χ1) is 10.1. The van der Waals surface area contributed by atoms with Gasteiger partial charge in [-0.3, -0.25) is 10.1 Å². The van der Waals surface area contributed by atoms with E-state index in [2.05, 4.69) is 5.32 Å². The van der Waals surface area contributed by atoms with Gasteiger partial charge in [-0.1, -0.05) is 30.3 Å². The highest BCUT2D eigenvalue weighted by Gasteiger charge is 2.44. The summed E-state index contributed by atoms with van der Waals surface area (Å²) >= 11 is 0. The minimum atomic E-state index is -2.79. The maximum Gasteiger partial charge on any atom is 0.262 e. The molecular weight excluding hydrogens is 278 g/mol. The molecule has 0 spiro atoms. The van der Waals surface area contributed by atoms with E-state index in [0.29, 0.717) is 19.7 Å². The van der Waals surface area contributed by atoms with E-state index in [1.807, 2.05) is 30.3 Å². The van der Waals surface area contributed by atoms with Crippen LogP contribution in [0, 0.1) is 0 Å². The lowest BCUT2D eigenvalue weighted by molar-refractivity contribution is -0.141. The van der Waals surface area contributed by atoms with Crippen molar-refractivity contribution in [1.29, 1.82) is 0 Å². The van der Waals surface area contributed by atoms with Crippen LogP contribution in [0.1, 0.15) is 18.1 Å². The van der Waals surface area contributed by atoms with E-state index in [4.69, 9.17) is 4.74 Å². The molecule has 6 heteroatoms. The fraction of sp³-hybridized carbons (Fsp3) is 0.533. The zero-order valence-corrected chi connectivity index (χ0v) is 11.6. The molecule has 0 aliphatic carbocycles. The quantitative estimate of drug-likeness (QED) is 0.901. The van der Waals surface area contributed by atoms with Gasteiger partial charge in [-0.25, -0.2) is 8.78 Å². The van der Waals surface area contributed by atoms with Crippen LogP contribution in [-0.2, 0) is 9.53 Å². The Morgan fingerprint density at radius 2 is 2.10 bits per heavy atom. The minimum absolute atomic E-state index is 0.189. The first-order valence-electron chi connectivity index (χ1n) is 7.12. The molecule has 3 rings (SSSR count). The summed E-state index contributed by atoms with van der Waals surface area (Å²) in [4.78, 5) is 14.0. The summed E-state index contributed by atoms with van der Waals surface area (Å²) in [6, 6.07) is 8.85. The molecule has 2 unspecified atom stereocenters. The topological polar surface area (TPSA) is 41.6 Å². The van der Waals surface area contributed by atoms with E-state index in [1.54, 1.807) is 4.90 Å². The van der Waals surface area contributed by atoms with E-state index in [9.17, 15) is 13.6 Å². The number of carbonyl (C=O) groups is 1. The highest BCUT2D eigenvalue weighted by molar-refractivity contribution is 5.82. The van der Waals surface area contributed by atoms with Crippen molar-refractivity contribution in [3.8, 4) is 0 Å². The third-order valence-corrected chi connectivity index (χ3v) is 3.96.